The first kappa shape index (κ1) is 18.8. The van der Waals surface area contributed by atoms with Crippen molar-refractivity contribution in [3.8, 4) is 11.3 Å². The molecule has 3 rings (SSSR count). The Morgan fingerprint density at radius 3 is 2.59 bits per heavy atom. The predicted octanol–water partition coefficient (Wildman–Crippen LogP) is 3.61. The molecule has 1 aromatic carbocycles. The molecule has 3 aromatic rings. The molecule has 2 heterocycles. The Morgan fingerprint density at radius 2 is 1.85 bits per heavy atom. The van der Waals surface area contributed by atoms with E-state index < -0.39 is 18.7 Å². The summed E-state index contributed by atoms with van der Waals surface area (Å²) in [5.74, 6) is -0.403. The Labute approximate surface area is 153 Å². The number of carbonyl (C=O) groups excluding carboxylic acids is 1. The molecule has 0 aliphatic heterocycles. The highest BCUT2D eigenvalue weighted by Crippen LogP contribution is 2.24. The van der Waals surface area contributed by atoms with Gasteiger partial charge in [-0.3, -0.25) is 9.78 Å². The van der Waals surface area contributed by atoms with Crippen LogP contribution in [0.3, 0.4) is 0 Å². The van der Waals surface area contributed by atoms with Crippen LogP contribution in [0.5, 0.6) is 0 Å². The van der Waals surface area contributed by atoms with Crippen LogP contribution in [-0.2, 0) is 4.74 Å². The van der Waals surface area contributed by atoms with Gasteiger partial charge in [0, 0.05) is 29.9 Å². The number of ether oxygens (including phenoxy) is 1. The molecule has 0 saturated carbocycles. The number of hydrogen-bond donors (Lipinski definition) is 1. The second kappa shape index (κ2) is 8.13. The van der Waals surface area contributed by atoms with E-state index >= 15 is 0 Å². The summed E-state index contributed by atoms with van der Waals surface area (Å²) < 4.78 is 40.7. The minimum Gasteiger partial charge on any atom is -0.370 e. The molecule has 0 bridgehead atoms. The minimum absolute atomic E-state index is 0.0316. The van der Waals surface area contributed by atoms with Crippen molar-refractivity contribution in [2.24, 2.45) is 0 Å². The highest BCUT2D eigenvalue weighted by molar-refractivity contribution is 6.07. The first-order valence-corrected chi connectivity index (χ1v) is 8.17. The monoisotopic (exact) mass is 375 g/mol. The van der Waals surface area contributed by atoms with E-state index in [-0.39, 0.29) is 13.2 Å². The van der Waals surface area contributed by atoms with Gasteiger partial charge in [-0.15, -0.1) is 0 Å². The molecule has 1 N–H and O–H groups in total. The summed E-state index contributed by atoms with van der Waals surface area (Å²) in [5, 5.41) is 3.24. The summed E-state index contributed by atoms with van der Waals surface area (Å²) in [7, 11) is 0. The molecule has 1 amide bonds. The molecule has 0 radical (unpaired) electrons. The third kappa shape index (κ3) is 5.01. The summed E-state index contributed by atoms with van der Waals surface area (Å²) in [5.41, 5.74) is 2.45. The lowest BCUT2D eigenvalue weighted by Gasteiger charge is -2.11. The van der Waals surface area contributed by atoms with E-state index in [0.29, 0.717) is 22.2 Å². The Balaban J connectivity index is 1.79. The number of alkyl halides is 3. The summed E-state index contributed by atoms with van der Waals surface area (Å²) >= 11 is 0. The van der Waals surface area contributed by atoms with Crippen molar-refractivity contribution in [1.82, 2.24) is 15.3 Å². The van der Waals surface area contributed by atoms with Crippen LogP contribution in [0.1, 0.15) is 10.4 Å². The first-order chi connectivity index (χ1) is 12.9. The van der Waals surface area contributed by atoms with Gasteiger partial charge < -0.3 is 10.1 Å². The predicted molar refractivity (Wildman–Crippen MR) is 94.2 cm³/mol. The zero-order valence-electron chi connectivity index (χ0n) is 14.2. The third-order valence-electron chi connectivity index (χ3n) is 3.73. The van der Waals surface area contributed by atoms with Crippen LogP contribution in [0.4, 0.5) is 13.2 Å². The van der Waals surface area contributed by atoms with Crippen molar-refractivity contribution in [2.75, 3.05) is 19.8 Å². The normalized spacial score (nSPS) is 11.5. The lowest BCUT2D eigenvalue weighted by Crippen LogP contribution is -2.29. The van der Waals surface area contributed by atoms with Crippen LogP contribution >= 0.6 is 0 Å². The van der Waals surface area contributed by atoms with Crippen LogP contribution in [-0.4, -0.2) is 41.8 Å². The highest BCUT2D eigenvalue weighted by Gasteiger charge is 2.27. The quantitative estimate of drug-likeness (QED) is 0.669. The smallest absolute Gasteiger partial charge is 0.370 e. The standard InChI is InChI=1S/C19H16F3N3O2/c20-19(21,22)12-27-10-9-24-18(26)15-11-17(13-5-7-23-8-6-13)25-16-4-2-1-3-14(15)16/h1-8,11H,9-10,12H2,(H,24,26). The van der Waals surface area contributed by atoms with Gasteiger partial charge >= 0.3 is 6.18 Å². The number of fused-ring (bicyclic) bond motifs is 1. The van der Waals surface area contributed by atoms with Crippen molar-refractivity contribution >= 4 is 16.8 Å². The lowest BCUT2D eigenvalue weighted by molar-refractivity contribution is -0.173. The lowest BCUT2D eigenvalue weighted by atomic mass is 10.0. The Hall–Kier alpha value is -3.00. The molecule has 0 fully saturated rings. The number of nitrogens with one attached hydrogen (secondary N) is 1. The van der Waals surface area contributed by atoms with Gasteiger partial charge in [0.1, 0.15) is 6.61 Å². The molecule has 0 spiro atoms. The van der Waals surface area contributed by atoms with Gasteiger partial charge in [0.15, 0.2) is 0 Å². The number of para-hydroxylation sites is 1. The van der Waals surface area contributed by atoms with Crippen molar-refractivity contribution in [1.29, 1.82) is 0 Å². The van der Waals surface area contributed by atoms with Crippen LogP contribution < -0.4 is 5.32 Å². The zero-order valence-corrected chi connectivity index (χ0v) is 14.2. The Kier molecular flexibility index (Phi) is 5.66. The number of carbonyl (C=O) groups is 1. The molecule has 8 heteroatoms. The number of halogens is 3. The summed E-state index contributed by atoms with van der Waals surface area (Å²) in [4.78, 5) is 21.1. The van der Waals surface area contributed by atoms with E-state index in [1.165, 1.54) is 0 Å². The maximum absolute atomic E-state index is 12.6. The topological polar surface area (TPSA) is 64.1 Å². The number of benzene rings is 1. The summed E-state index contributed by atoms with van der Waals surface area (Å²) in [6.07, 6.45) is -1.13. The van der Waals surface area contributed by atoms with Crippen LogP contribution in [0.25, 0.3) is 22.2 Å². The van der Waals surface area contributed by atoms with Crippen molar-refractivity contribution in [2.45, 2.75) is 6.18 Å². The second-order valence-corrected chi connectivity index (χ2v) is 5.73. The molecule has 27 heavy (non-hydrogen) atoms. The largest absolute Gasteiger partial charge is 0.411 e. The summed E-state index contributed by atoms with van der Waals surface area (Å²) in [6, 6.07) is 12.4. The average molecular weight is 375 g/mol. The molecule has 0 saturated heterocycles. The highest BCUT2D eigenvalue weighted by atomic mass is 19.4. The van der Waals surface area contributed by atoms with Crippen molar-refractivity contribution < 1.29 is 22.7 Å². The molecular formula is C19H16F3N3O2. The number of rotatable bonds is 6. The molecular weight excluding hydrogens is 359 g/mol. The molecule has 0 unspecified atom stereocenters. The van der Waals surface area contributed by atoms with Gasteiger partial charge in [-0.2, -0.15) is 13.2 Å². The second-order valence-electron chi connectivity index (χ2n) is 5.73. The number of amides is 1. The van der Waals surface area contributed by atoms with Gasteiger partial charge in [-0.05, 0) is 24.3 Å². The SMILES string of the molecule is O=C(NCCOCC(F)(F)F)c1cc(-c2ccncc2)nc2ccccc12. The maximum Gasteiger partial charge on any atom is 0.411 e. The van der Waals surface area contributed by atoms with Crippen molar-refractivity contribution in [3.05, 3.63) is 60.4 Å². The Morgan fingerprint density at radius 1 is 1.11 bits per heavy atom. The zero-order chi connectivity index (χ0) is 19.3. The molecule has 2 aromatic heterocycles. The fourth-order valence-corrected chi connectivity index (χ4v) is 2.55. The van der Waals surface area contributed by atoms with E-state index in [4.69, 9.17) is 0 Å². The summed E-state index contributed by atoms with van der Waals surface area (Å²) in [6.45, 7) is -1.60. The minimum atomic E-state index is -4.38. The number of pyridine rings is 2. The first-order valence-electron chi connectivity index (χ1n) is 8.17. The number of nitrogens with zero attached hydrogens (tertiary/aromatic N) is 2. The van der Waals surface area contributed by atoms with Gasteiger partial charge in [0.05, 0.1) is 23.4 Å². The van der Waals surface area contributed by atoms with E-state index in [0.717, 1.165) is 5.56 Å². The number of hydrogen-bond acceptors (Lipinski definition) is 4. The van der Waals surface area contributed by atoms with Gasteiger partial charge in [-0.25, -0.2) is 4.98 Å². The molecule has 140 valence electrons. The van der Waals surface area contributed by atoms with Crippen LogP contribution in [0.2, 0.25) is 0 Å². The van der Waals surface area contributed by atoms with E-state index in [1.54, 1.807) is 48.8 Å². The van der Waals surface area contributed by atoms with E-state index in [2.05, 4.69) is 20.0 Å². The van der Waals surface area contributed by atoms with E-state index in [9.17, 15) is 18.0 Å². The van der Waals surface area contributed by atoms with Crippen molar-refractivity contribution in [3.63, 3.8) is 0 Å². The number of aromatic nitrogens is 2. The van der Waals surface area contributed by atoms with Crippen LogP contribution in [0, 0.1) is 0 Å². The van der Waals surface area contributed by atoms with Crippen LogP contribution in [0.15, 0.2) is 54.9 Å². The fourth-order valence-electron chi connectivity index (χ4n) is 2.55. The van der Waals surface area contributed by atoms with E-state index in [1.807, 2.05) is 6.07 Å². The molecule has 0 atom stereocenters. The van der Waals surface area contributed by atoms with Gasteiger partial charge in [0.2, 0.25) is 0 Å². The molecule has 0 aliphatic carbocycles. The molecule has 5 nitrogen and oxygen atoms in total. The Bertz CT molecular complexity index is 930. The maximum atomic E-state index is 12.6. The van der Waals surface area contributed by atoms with Gasteiger partial charge in [0.25, 0.3) is 5.91 Å². The fraction of sp³-hybridized carbons (Fsp3) is 0.211. The molecule has 0 aliphatic rings. The third-order valence-corrected chi connectivity index (χ3v) is 3.73. The average Bonchev–Trinajstić information content (AvgIpc) is 2.66. The van der Waals surface area contributed by atoms with Gasteiger partial charge in [-0.1, -0.05) is 18.2 Å².